The third-order valence-corrected chi connectivity index (χ3v) is 4.93. The molecule has 1 N–H and O–H groups in total. The first kappa shape index (κ1) is 24.4. The van der Waals surface area contributed by atoms with Crippen LogP contribution in [0.2, 0.25) is 0 Å². The van der Waals surface area contributed by atoms with Crippen LogP contribution in [0, 0.1) is 0 Å². The van der Waals surface area contributed by atoms with Gasteiger partial charge in [0, 0.05) is 13.3 Å². The van der Waals surface area contributed by atoms with Crippen molar-refractivity contribution in [3.05, 3.63) is 0 Å². The van der Waals surface area contributed by atoms with E-state index >= 15 is 0 Å². The number of carbonyl (C=O) groups is 1. The van der Waals surface area contributed by atoms with Gasteiger partial charge < -0.3 is 9.64 Å². The maximum atomic E-state index is 11.2. The molecular weight excluding hydrogens is 310 g/mol. The van der Waals surface area contributed by atoms with Crippen molar-refractivity contribution < 1.29 is 14.4 Å². The van der Waals surface area contributed by atoms with Crippen molar-refractivity contribution in [1.29, 1.82) is 0 Å². The second-order valence-electron chi connectivity index (χ2n) is 8.01. The van der Waals surface area contributed by atoms with Crippen molar-refractivity contribution in [2.24, 2.45) is 0 Å². The monoisotopic (exact) mass is 356 g/mol. The zero-order chi connectivity index (χ0) is 18.8. The maximum Gasteiger partial charge on any atom is 0.302 e. The standard InChI is InChI=1S/C22H45NO2/c1-5-6-7-8-9-10-11-12-13-14-15-16-17-18-22(25-21(2)24)19-20-23(3)4/h22H,5-20H2,1-4H3/p+1. The van der Waals surface area contributed by atoms with Crippen LogP contribution >= 0.6 is 0 Å². The molecule has 150 valence electrons. The lowest BCUT2D eigenvalue weighted by Gasteiger charge is -2.18. The van der Waals surface area contributed by atoms with Gasteiger partial charge in [0.2, 0.25) is 0 Å². The van der Waals surface area contributed by atoms with Gasteiger partial charge in [-0.25, -0.2) is 0 Å². The summed E-state index contributed by atoms with van der Waals surface area (Å²) in [6, 6.07) is 0. The van der Waals surface area contributed by atoms with Crippen LogP contribution in [0.15, 0.2) is 0 Å². The van der Waals surface area contributed by atoms with Crippen molar-refractivity contribution in [1.82, 2.24) is 0 Å². The zero-order valence-corrected chi connectivity index (χ0v) is 17.7. The summed E-state index contributed by atoms with van der Waals surface area (Å²) in [5.74, 6) is -0.131. The molecule has 0 aliphatic heterocycles. The van der Waals surface area contributed by atoms with Crippen molar-refractivity contribution in [3.8, 4) is 0 Å². The summed E-state index contributed by atoms with van der Waals surface area (Å²) in [6.45, 7) is 4.87. The Labute approximate surface area is 157 Å². The Morgan fingerprint density at radius 1 is 0.760 bits per heavy atom. The lowest BCUT2D eigenvalue weighted by molar-refractivity contribution is -0.858. The van der Waals surface area contributed by atoms with E-state index in [2.05, 4.69) is 21.0 Å². The molecule has 0 fully saturated rings. The minimum Gasteiger partial charge on any atom is -0.462 e. The molecule has 0 heterocycles. The van der Waals surface area contributed by atoms with Gasteiger partial charge in [-0.1, -0.05) is 84.0 Å². The number of nitrogens with one attached hydrogen (secondary N) is 1. The van der Waals surface area contributed by atoms with Gasteiger partial charge in [0.25, 0.3) is 0 Å². The first-order valence-corrected chi connectivity index (χ1v) is 11.0. The van der Waals surface area contributed by atoms with E-state index in [1.165, 1.54) is 95.3 Å². The maximum absolute atomic E-state index is 11.2. The average Bonchev–Trinajstić information content (AvgIpc) is 2.56. The van der Waals surface area contributed by atoms with Crippen molar-refractivity contribution in [2.75, 3.05) is 20.6 Å². The minimum atomic E-state index is -0.131. The van der Waals surface area contributed by atoms with E-state index in [0.717, 1.165) is 19.4 Å². The molecule has 3 nitrogen and oxygen atoms in total. The number of hydrogen-bond donors (Lipinski definition) is 1. The highest BCUT2D eigenvalue weighted by Crippen LogP contribution is 2.14. The Morgan fingerprint density at radius 2 is 1.20 bits per heavy atom. The van der Waals surface area contributed by atoms with Crippen molar-refractivity contribution in [3.63, 3.8) is 0 Å². The zero-order valence-electron chi connectivity index (χ0n) is 17.7. The lowest BCUT2D eigenvalue weighted by Crippen LogP contribution is -3.05. The van der Waals surface area contributed by atoms with E-state index in [0.29, 0.717) is 0 Å². The molecule has 0 bridgehead atoms. The first-order valence-electron chi connectivity index (χ1n) is 11.0. The largest absolute Gasteiger partial charge is 0.462 e. The van der Waals surface area contributed by atoms with Gasteiger partial charge in [0.15, 0.2) is 0 Å². The average molecular weight is 357 g/mol. The molecule has 0 saturated carbocycles. The van der Waals surface area contributed by atoms with Crippen molar-refractivity contribution >= 4 is 5.97 Å². The van der Waals surface area contributed by atoms with Crippen LogP contribution in [0.5, 0.6) is 0 Å². The van der Waals surface area contributed by atoms with Crippen LogP contribution in [-0.4, -0.2) is 32.7 Å². The second kappa shape index (κ2) is 18.2. The molecular formula is C22H46NO2+. The molecule has 25 heavy (non-hydrogen) atoms. The molecule has 0 aromatic rings. The minimum absolute atomic E-state index is 0.125. The van der Waals surface area contributed by atoms with Gasteiger partial charge in [-0.3, -0.25) is 4.79 Å². The predicted octanol–water partition coefficient (Wildman–Crippen LogP) is 4.93. The highest BCUT2D eigenvalue weighted by molar-refractivity contribution is 5.66. The normalized spacial score (nSPS) is 12.5. The van der Waals surface area contributed by atoms with Crippen LogP contribution in [0.4, 0.5) is 0 Å². The smallest absolute Gasteiger partial charge is 0.302 e. The van der Waals surface area contributed by atoms with E-state index in [9.17, 15) is 4.79 Å². The van der Waals surface area contributed by atoms with Crippen molar-refractivity contribution in [2.45, 2.75) is 116 Å². The van der Waals surface area contributed by atoms with E-state index in [1.807, 2.05) is 0 Å². The van der Waals surface area contributed by atoms with Gasteiger partial charge in [0.05, 0.1) is 20.6 Å². The number of hydrogen-bond acceptors (Lipinski definition) is 2. The third-order valence-electron chi connectivity index (χ3n) is 4.93. The number of quaternary nitrogens is 1. The van der Waals surface area contributed by atoms with Crippen LogP contribution in [0.25, 0.3) is 0 Å². The molecule has 0 aliphatic rings. The Bertz CT molecular complexity index is 292. The summed E-state index contributed by atoms with van der Waals surface area (Å²) in [5.41, 5.74) is 0. The lowest BCUT2D eigenvalue weighted by atomic mass is 10.0. The van der Waals surface area contributed by atoms with E-state index in [-0.39, 0.29) is 12.1 Å². The highest BCUT2D eigenvalue weighted by atomic mass is 16.5. The Kier molecular flexibility index (Phi) is 17.8. The molecule has 1 atom stereocenters. The fourth-order valence-electron chi connectivity index (χ4n) is 3.34. The summed E-state index contributed by atoms with van der Waals surface area (Å²) >= 11 is 0. The van der Waals surface area contributed by atoms with E-state index < -0.39 is 0 Å². The number of ether oxygens (including phenoxy) is 1. The molecule has 0 amide bonds. The van der Waals surface area contributed by atoms with Crippen LogP contribution in [0.1, 0.15) is 110 Å². The van der Waals surface area contributed by atoms with E-state index in [1.54, 1.807) is 0 Å². The SMILES string of the molecule is CCCCCCCCCCCCCCCC(CC[NH+](C)C)OC(C)=O. The van der Waals surface area contributed by atoms with Gasteiger partial charge in [-0.05, 0) is 12.8 Å². The topological polar surface area (TPSA) is 30.7 Å². The summed E-state index contributed by atoms with van der Waals surface area (Å²) < 4.78 is 5.46. The van der Waals surface area contributed by atoms with Gasteiger partial charge in [0.1, 0.15) is 6.10 Å². The molecule has 0 aromatic carbocycles. The second-order valence-corrected chi connectivity index (χ2v) is 8.01. The summed E-state index contributed by atoms with van der Waals surface area (Å²) in [4.78, 5) is 12.6. The van der Waals surface area contributed by atoms with Crippen LogP contribution < -0.4 is 4.90 Å². The Hall–Kier alpha value is -0.570. The fourth-order valence-corrected chi connectivity index (χ4v) is 3.34. The molecule has 0 saturated heterocycles. The quantitative estimate of drug-likeness (QED) is 0.279. The predicted molar refractivity (Wildman–Crippen MR) is 108 cm³/mol. The molecule has 1 unspecified atom stereocenters. The summed E-state index contributed by atoms with van der Waals surface area (Å²) in [7, 11) is 4.30. The van der Waals surface area contributed by atoms with Gasteiger partial charge >= 0.3 is 5.97 Å². The molecule has 0 spiro atoms. The Balaban J connectivity index is 3.42. The number of unbranched alkanes of at least 4 members (excludes halogenated alkanes) is 12. The Morgan fingerprint density at radius 3 is 1.60 bits per heavy atom. The molecule has 3 heteroatoms. The molecule has 0 rings (SSSR count). The first-order chi connectivity index (χ1) is 12.1. The van der Waals surface area contributed by atoms with Crippen LogP contribution in [0.3, 0.4) is 0 Å². The third kappa shape index (κ3) is 19.6. The van der Waals surface area contributed by atoms with Crippen LogP contribution in [-0.2, 0) is 9.53 Å². The summed E-state index contributed by atoms with van der Waals surface area (Å²) in [5, 5.41) is 0. The molecule has 0 aromatic heterocycles. The van der Waals surface area contributed by atoms with E-state index in [4.69, 9.17) is 4.74 Å². The summed E-state index contributed by atoms with van der Waals surface area (Å²) in [6.07, 6.45) is 20.0. The highest BCUT2D eigenvalue weighted by Gasteiger charge is 2.13. The van der Waals surface area contributed by atoms with Gasteiger partial charge in [-0.2, -0.15) is 0 Å². The number of esters is 1. The van der Waals surface area contributed by atoms with Gasteiger partial charge in [-0.15, -0.1) is 0 Å². The number of carbonyl (C=O) groups excluding carboxylic acids is 1. The number of rotatable bonds is 18. The fraction of sp³-hybridized carbons (Fsp3) is 0.955. The molecule has 0 aliphatic carbocycles. The molecule has 0 radical (unpaired) electrons.